The van der Waals surface area contributed by atoms with Crippen LogP contribution in [0, 0.1) is 0 Å². The molecule has 4 aromatic rings. The number of hydrogen-bond donors (Lipinski definition) is 6. The lowest BCUT2D eigenvalue weighted by molar-refractivity contribution is -0.256. The van der Waals surface area contributed by atoms with E-state index in [0.717, 1.165) is 36.8 Å². The molecule has 13 atom stereocenters. The number of aromatic hydroxyl groups is 3. The van der Waals surface area contributed by atoms with Crippen LogP contribution in [-0.4, -0.2) is 95.5 Å². The monoisotopic (exact) mass is 1010 g/mol. The van der Waals surface area contributed by atoms with Crippen molar-refractivity contribution in [1.29, 1.82) is 0 Å². The number of benzene rings is 4. The fraction of sp³-hybridized carbons (Fsp3) is 0.556. The number of ether oxygens (including phenoxy) is 8. The second-order valence-electron chi connectivity index (χ2n) is 19.7. The molecular formula is C54H71NO15S. The zero-order valence-electron chi connectivity index (χ0n) is 40.4. The second kappa shape index (κ2) is 25.1. The third-order valence-electron chi connectivity index (χ3n) is 13.8. The largest absolute Gasteiger partial charge is 0.508 e. The van der Waals surface area contributed by atoms with Crippen LogP contribution in [0.3, 0.4) is 0 Å². The fourth-order valence-corrected chi connectivity index (χ4v) is 10.7. The first-order chi connectivity index (χ1) is 34.2. The quantitative estimate of drug-likeness (QED) is 0.0457. The molecule has 4 heterocycles. The Kier molecular flexibility index (Phi) is 18.8. The lowest BCUT2D eigenvalue weighted by Gasteiger charge is -2.38. The van der Waals surface area contributed by atoms with Crippen molar-refractivity contribution in [2.45, 2.75) is 188 Å². The van der Waals surface area contributed by atoms with Gasteiger partial charge in [0.25, 0.3) is 0 Å². The summed E-state index contributed by atoms with van der Waals surface area (Å²) in [6.45, 7) is 2.52. The molecule has 0 spiro atoms. The lowest BCUT2D eigenvalue weighted by Crippen LogP contribution is -2.36. The molecule has 4 aliphatic rings. The van der Waals surface area contributed by atoms with Gasteiger partial charge in [0.15, 0.2) is 25.2 Å². The predicted molar refractivity (Wildman–Crippen MR) is 260 cm³/mol. The summed E-state index contributed by atoms with van der Waals surface area (Å²) in [7, 11) is -3.89. The highest BCUT2D eigenvalue weighted by Gasteiger charge is 2.36. The smallest absolute Gasteiger partial charge is 0.238 e. The first-order valence-corrected chi connectivity index (χ1v) is 26.8. The minimum absolute atomic E-state index is 0.0134. The van der Waals surface area contributed by atoms with Gasteiger partial charge in [0, 0.05) is 35.1 Å². The number of nitrogens with two attached hydrogens (primary N) is 1. The van der Waals surface area contributed by atoms with Crippen LogP contribution in [0.2, 0.25) is 0 Å². The Morgan fingerprint density at radius 2 is 0.944 bits per heavy atom. The van der Waals surface area contributed by atoms with Crippen LogP contribution in [-0.2, 0) is 47.9 Å². The molecule has 17 heteroatoms. The molecule has 71 heavy (non-hydrogen) atoms. The van der Waals surface area contributed by atoms with E-state index >= 15 is 0 Å². The summed E-state index contributed by atoms with van der Waals surface area (Å²) in [5, 5.41) is 58.2. The Hall–Kier alpha value is -4.21. The molecule has 0 amide bonds. The van der Waals surface area contributed by atoms with E-state index < -0.39 is 47.4 Å². The highest BCUT2D eigenvalue weighted by molar-refractivity contribution is 7.89. The zero-order chi connectivity index (χ0) is 49.9. The van der Waals surface area contributed by atoms with Crippen molar-refractivity contribution in [3.63, 3.8) is 0 Å². The van der Waals surface area contributed by atoms with Gasteiger partial charge in [-0.1, -0.05) is 48.5 Å². The van der Waals surface area contributed by atoms with E-state index in [4.69, 9.17) is 43.0 Å². The van der Waals surface area contributed by atoms with Gasteiger partial charge in [-0.2, -0.15) is 0 Å². The summed E-state index contributed by atoms with van der Waals surface area (Å²) < 4.78 is 74.3. The second-order valence-corrected chi connectivity index (χ2v) is 21.2. The van der Waals surface area contributed by atoms with Crippen LogP contribution < -0.4 is 5.14 Å². The van der Waals surface area contributed by atoms with Gasteiger partial charge in [-0.15, -0.1) is 0 Å². The molecule has 388 valence electrons. The van der Waals surface area contributed by atoms with Crippen molar-refractivity contribution < 1.29 is 71.8 Å². The summed E-state index contributed by atoms with van der Waals surface area (Å²) in [5.41, 5.74) is 2.85. The van der Waals surface area contributed by atoms with Gasteiger partial charge < -0.3 is 63.4 Å². The minimum atomic E-state index is -3.89. The lowest BCUT2D eigenvalue weighted by atomic mass is 9.95. The molecule has 13 unspecified atom stereocenters. The summed E-state index contributed by atoms with van der Waals surface area (Å²) in [4.78, 5) is -0.0134. The fourth-order valence-electron chi connectivity index (χ4n) is 10.2. The Labute approximate surface area is 417 Å². The third kappa shape index (κ3) is 15.9. The van der Waals surface area contributed by atoms with Gasteiger partial charge in [-0.25, -0.2) is 13.6 Å². The summed E-state index contributed by atoms with van der Waals surface area (Å²) >= 11 is 0. The van der Waals surface area contributed by atoms with Crippen molar-refractivity contribution in [2.24, 2.45) is 5.14 Å². The number of aliphatic hydroxyl groups excluding tert-OH is 2. The topological polar surface area (TPSA) is 235 Å². The Bertz CT molecular complexity index is 2390. The normalized spacial score (nSPS) is 29.3. The average Bonchev–Trinajstić information content (AvgIpc) is 3.33. The maximum Gasteiger partial charge on any atom is 0.238 e. The number of aliphatic hydroxyl groups is 2. The SMILES string of the molecule is CC1CC(CCCC2CC(CC(O)CCCC3CC(CCCC(O)CC4CCOC(c5cccc(O)c5)O4)OC(c4cccc(O)c4)O3)OC(c3ccc(S(N)(=O)=O)cc3)O2)OC(c2cccc(O)c2)O1. The van der Waals surface area contributed by atoms with E-state index in [0.29, 0.717) is 88.4 Å². The Morgan fingerprint density at radius 3 is 1.46 bits per heavy atom. The highest BCUT2D eigenvalue weighted by Crippen LogP contribution is 2.39. The first-order valence-electron chi connectivity index (χ1n) is 25.2. The highest BCUT2D eigenvalue weighted by atomic mass is 32.2. The number of rotatable bonds is 21. The number of phenolic OH excluding ortho intramolecular Hbond substituents is 3. The van der Waals surface area contributed by atoms with Crippen molar-refractivity contribution in [1.82, 2.24) is 0 Å². The molecule has 7 N–H and O–H groups in total. The molecule has 0 aromatic heterocycles. The van der Waals surface area contributed by atoms with E-state index in [-0.39, 0.29) is 64.9 Å². The van der Waals surface area contributed by atoms with Crippen molar-refractivity contribution in [2.75, 3.05) is 6.61 Å². The van der Waals surface area contributed by atoms with Crippen LogP contribution in [0.1, 0.15) is 151 Å². The van der Waals surface area contributed by atoms with Gasteiger partial charge in [0.1, 0.15) is 17.2 Å². The molecule has 4 aliphatic heterocycles. The van der Waals surface area contributed by atoms with Crippen LogP contribution in [0.4, 0.5) is 0 Å². The summed E-state index contributed by atoms with van der Waals surface area (Å²) in [5.74, 6) is 0.406. The number of phenols is 3. The van der Waals surface area contributed by atoms with Crippen molar-refractivity contribution in [3.05, 3.63) is 119 Å². The molecule has 4 saturated heterocycles. The number of sulfonamides is 1. The van der Waals surface area contributed by atoms with E-state index in [1.54, 1.807) is 66.7 Å². The summed E-state index contributed by atoms with van der Waals surface area (Å²) in [6.07, 6.45) is 4.52. The maximum absolute atomic E-state index is 12.0. The summed E-state index contributed by atoms with van der Waals surface area (Å²) in [6, 6.07) is 26.8. The van der Waals surface area contributed by atoms with Crippen LogP contribution in [0.15, 0.2) is 102 Å². The zero-order valence-corrected chi connectivity index (χ0v) is 41.2. The van der Waals surface area contributed by atoms with Crippen molar-refractivity contribution in [3.8, 4) is 17.2 Å². The van der Waals surface area contributed by atoms with E-state index in [1.165, 1.54) is 12.1 Å². The van der Waals surface area contributed by atoms with E-state index in [9.17, 15) is 34.0 Å². The molecule has 4 aromatic carbocycles. The molecule has 4 fully saturated rings. The molecular weight excluding hydrogens is 935 g/mol. The van der Waals surface area contributed by atoms with Gasteiger partial charge in [0.05, 0.1) is 66.4 Å². The van der Waals surface area contributed by atoms with Crippen LogP contribution >= 0.6 is 0 Å². The molecule has 0 radical (unpaired) electrons. The maximum atomic E-state index is 12.0. The van der Waals surface area contributed by atoms with Gasteiger partial charge in [-0.05, 0) is 139 Å². The number of hydrogen-bond acceptors (Lipinski definition) is 15. The predicted octanol–water partition coefficient (Wildman–Crippen LogP) is 8.91. The molecule has 0 aliphatic carbocycles. The minimum Gasteiger partial charge on any atom is -0.508 e. The molecule has 16 nitrogen and oxygen atoms in total. The number of primary sulfonamides is 1. The Balaban J connectivity index is 0.831. The standard InChI is InChI=1S/C54H71NO15S/c1-34-26-44(66-53(64-34)37-9-3-12-40(57)28-37)18-7-19-47-33-49(70-52(67-47)35-20-22-50(23-21-35)71(55,61)62)31-43(60)15-6-17-46-32-45(68-54(69-46)38-10-4-13-41(58)29-38)16-5-14-42(59)30-48-24-25-63-51(65-48)36-8-2-11-39(56)27-36/h2-4,8-13,20-23,27-29,34,42-49,51-54,56-60H,5-7,14-19,24-26,30-33H2,1H3,(H2,55,61,62). The van der Waals surface area contributed by atoms with Gasteiger partial charge in [-0.3, -0.25) is 0 Å². The first kappa shape index (κ1) is 53.1. The van der Waals surface area contributed by atoms with Crippen molar-refractivity contribution >= 4 is 10.0 Å². The molecule has 8 rings (SSSR count). The molecule has 0 saturated carbocycles. The third-order valence-corrected chi connectivity index (χ3v) is 14.7. The van der Waals surface area contributed by atoms with Gasteiger partial charge in [0.2, 0.25) is 10.0 Å². The average molecular weight is 1010 g/mol. The van der Waals surface area contributed by atoms with E-state index in [2.05, 4.69) is 0 Å². The van der Waals surface area contributed by atoms with Gasteiger partial charge >= 0.3 is 0 Å². The van der Waals surface area contributed by atoms with Crippen LogP contribution in [0.5, 0.6) is 17.2 Å². The van der Waals surface area contributed by atoms with Crippen LogP contribution in [0.25, 0.3) is 0 Å². The molecule has 0 bridgehead atoms. The Morgan fingerprint density at radius 1 is 0.521 bits per heavy atom. The van der Waals surface area contributed by atoms with E-state index in [1.807, 2.05) is 25.1 Å².